The Hall–Kier alpha value is -1.33. The maximum absolute atomic E-state index is 5.51. The zero-order chi connectivity index (χ0) is 13.0. The average molecular weight is 310 g/mol. The third-order valence-corrected chi connectivity index (χ3v) is 3.47. The number of hydrogen-bond acceptors (Lipinski definition) is 3. The normalized spacial score (nSPS) is 10.6. The van der Waals surface area contributed by atoms with Crippen molar-refractivity contribution in [2.24, 2.45) is 5.73 Å². The zero-order valence-corrected chi connectivity index (χ0v) is 11.9. The van der Waals surface area contributed by atoms with Gasteiger partial charge in [-0.3, -0.25) is 0 Å². The molecule has 0 aliphatic heterocycles. The molecule has 0 aliphatic carbocycles. The number of methoxy groups -OCH3 is 1. The smallest absolute Gasteiger partial charge is 0.119 e. The largest absolute Gasteiger partial charge is 0.497 e. The van der Waals surface area contributed by atoms with Crippen LogP contribution < -0.4 is 10.5 Å². The fourth-order valence-corrected chi connectivity index (χ4v) is 2.14. The summed E-state index contributed by atoms with van der Waals surface area (Å²) in [5, 5.41) is 0. The van der Waals surface area contributed by atoms with Crippen molar-refractivity contribution in [3.05, 3.63) is 46.5 Å². The molecule has 1 heterocycles. The molecule has 2 rings (SSSR count). The average Bonchev–Trinajstić information content (AvgIpc) is 2.80. The first-order valence-corrected chi connectivity index (χ1v) is 6.55. The second-order valence-corrected chi connectivity index (χ2v) is 4.89. The van der Waals surface area contributed by atoms with E-state index < -0.39 is 0 Å². The molecule has 0 radical (unpaired) electrons. The predicted molar refractivity (Wildman–Crippen MR) is 74.8 cm³/mol. The Morgan fingerprint density at radius 2 is 2.28 bits per heavy atom. The molecule has 0 saturated heterocycles. The Labute approximate surface area is 115 Å². The van der Waals surface area contributed by atoms with Gasteiger partial charge in [-0.05, 0) is 30.3 Å². The van der Waals surface area contributed by atoms with Crippen molar-refractivity contribution >= 4 is 15.9 Å². The molecule has 0 saturated carbocycles. The highest BCUT2D eigenvalue weighted by Gasteiger charge is 2.04. The van der Waals surface area contributed by atoms with E-state index in [1.807, 2.05) is 35.3 Å². The van der Waals surface area contributed by atoms with Crippen molar-refractivity contribution in [1.29, 1.82) is 0 Å². The van der Waals surface area contributed by atoms with E-state index in [1.165, 1.54) is 0 Å². The molecule has 0 aliphatic rings. The molecular formula is C13H16BrN3O. The summed E-state index contributed by atoms with van der Waals surface area (Å²) in [6.45, 7) is 1.38. The van der Waals surface area contributed by atoms with Gasteiger partial charge in [-0.1, -0.05) is 15.9 Å². The van der Waals surface area contributed by atoms with Gasteiger partial charge in [-0.2, -0.15) is 0 Å². The molecule has 1 aromatic heterocycles. The Bertz CT molecular complexity index is 525. The molecule has 0 bridgehead atoms. The highest BCUT2D eigenvalue weighted by Crippen LogP contribution is 2.23. The van der Waals surface area contributed by atoms with Crippen LogP contribution in [-0.2, 0) is 13.0 Å². The SMILES string of the molecule is COc1ccc(Br)c(Cn2cnc(CCN)c2)c1. The number of halogens is 1. The molecule has 96 valence electrons. The van der Waals surface area contributed by atoms with Crippen LogP contribution in [0.5, 0.6) is 5.75 Å². The number of ether oxygens (including phenoxy) is 1. The Kier molecular flexibility index (Phi) is 4.38. The van der Waals surface area contributed by atoms with Crippen molar-refractivity contribution in [3.63, 3.8) is 0 Å². The van der Waals surface area contributed by atoms with Crippen LogP contribution >= 0.6 is 15.9 Å². The minimum Gasteiger partial charge on any atom is -0.497 e. The summed E-state index contributed by atoms with van der Waals surface area (Å²) in [5.41, 5.74) is 7.69. The number of hydrogen-bond donors (Lipinski definition) is 1. The number of benzene rings is 1. The van der Waals surface area contributed by atoms with Gasteiger partial charge in [0.1, 0.15) is 5.75 Å². The van der Waals surface area contributed by atoms with E-state index in [1.54, 1.807) is 7.11 Å². The Morgan fingerprint density at radius 3 is 3.00 bits per heavy atom. The molecule has 4 nitrogen and oxygen atoms in total. The standard InChI is InChI=1S/C13H16BrN3O/c1-18-12-2-3-13(14)10(6-12)7-17-8-11(4-5-15)16-9-17/h2-3,6,8-9H,4-5,7,15H2,1H3. The van der Waals surface area contributed by atoms with Crippen molar-refractivity contribution in [1.82, 2.24) is 9.55 Å². The fourth-order valence-electron chi connectivity index (χ4n) is 1.77. The van der Waals surface area contributed by atoms with Crippen LogP contribution in [0.4, 0.5) is 0 Å². The van der Waals surface area contributed by atoms with Crippen molar-refractivity contribution in [2.45, 2.75) is 13.0 Å². The van der Waals surface area contributed by atoms with E-state index in [0.29, 0.717) is 6.54 Å². The van der Waals surface area contributed by atoms with E-state index in [-0.39, 0.29) is 0 Å². The van der Waals surface area contributed by atoms with Gasteiger partial charge >= 0.3 is 0 Å². The van der Waals surface area contributed by atoms with E-state index >= 15 is 0 Å². The highest BCUT2D eigenvalue weighted by atomic mass is 79.9. The molecule has 0 fully saturated rings. The van der Waals surface area contributed by atoms with Gasteiger partial charge in [-0.15, -0.1) is 0 Å². The van der Waals surface area contributed by atoms with Gasteiger partial charge in [0, 0.05) is 23.6 Å². The summed E-state index contributed by atoms with van der Waals surface area (Å²) in [4.78, 5) is 4.31. The van der Waals surface area contributed by atoms with E-state index in [4.69, 9.17) is 10.5 Å². The third-order valence-electron chi connectivity index (χ3n) is 2.69. The lowest BCUT2D eigenvalue weighted by Crippen LogP contribution is -2.03. The lowest BCUT2D eigenvalue weighted by atomic mass is 10.2. The molecule has 2 N–H and O–H groups in total. The van der Waals surface area contributed by atoms with Gasteiger partial charge < -0.3 is 15.0 Å². The van der Waals surface area contributed by atoms with Crippen LogP contribution in [0, 0.1) is 0 Å². The maximum atomic E-state index is 5.51. The van der Waals surface area contributed by atoms with Crippen LogP contribution in [0.15, 0.2) is 35.2 Å². The Morgan fingerprint density at radius 1 is 1.44 bits per heavy atom. The van der Waals surface area contributed by atoms with Crippen LogP contribution in [0.3, 0.4) is 0 Å². The maximum Gasteiger partial charge on any atom is 0.119 e. The zero-order valence-electron chi connectivity index (χ0n) is 10.3. The van der Waals surface area contributed by atoms with Crippen LogP contribution in [-0.4, -0.2) is 23.2 Å². The van der Waals surface area contributed by atoms with E-state index in [0.717, 1.165) is 34.4 Å². The first kappa shape index (κ1) is 13.1. The summed E-state index contributed by atoms with van der Waals surface area (Å²) in [5.74, 6) is 0.857. The molecule has 0 spiro atoms. The molecule has 18 heavy (non-hydrogen) atoms. The number of aromatic nitrogens is 2. The van der Waals surface area contributed by atoms with Gasteiger partial charge in [-0.25, -0.2) is 4.98 Å². The third kappa shape index (κ3) is 3.11. The fraction of sp³-hybridized carbons (Fsp3) is 0.308. The number of nitrogens with two attached hydrogens (primary N) is 1. The van der Waals surface area contributed by atoms with Gasteiger partial charge in [0.05, 0.1) is 19.1 Å². The topological polar surface area (TPSA) is 53.1 Å². The highest BCUT2D eigenvalue weighted by molar-refractivity contribution is 9.10. The van der Waals surface area contributed by atoms with Crippen LogP contribution in [0.1, 0.15) is 11.3 Å². The van der Waals surface area contributed by atoms with E-state index in [2.05, 4.69) is 20.9 Å². The summed E-state index contributed by atoms with van der Waals surface area (Å²) in [7, 11) is 1.67. The van der Waals surface area contributed by atoms with Crippen molar-refractivity contribution in [3.8, 4) is 5.75 Å². The number of rotatable bonds is 5. The molecule has 0 unspecified atom stereocenters. The second-order valence-electron chi connectivity index (χ2n) is 4.03. The molecular weight excluding hydrogens is 294 g/mol. The minimum absolute atomic E-state index is 0.625. The van der Waals surface area contributed by atoms with Crippen LogP contribution in [0.2, 0.25) is 0 Å². The monoisotopic (exact) mass is 309 g/mol. The number of imidazole rings is 1. The quantitative estimate of drug-likeness (QED) is 0.921. The first-order chi connectivity index (χ1) is 8.72. The molecule has 0 amide bonds. The minimum atomic E-state index is 0.625. The van der Waals surface area contributed by atoms with Crippen LogP contribution in [0.25, 0.3) is 0 Å². The lowest BCUT2D eigenvalue weighted by molar-refractivity contribution is 0.414. The van der Waals surface area contributed by atoms with Gasteiger partial charge in [0.2, 0.25) is 0 Å². The first-order valence-electron chi connectivity index (χ1n) is 5.76. The summed E-state index contributed by atoms with van der Waals surface area (Å²) in [6.07, 6.45) is 4.67. The molecule has 1 aromatic carbocycles. The van der Waals surface area contributed by atoms with Crippen molar-refractivity contribution < 1.29 is 4.74 Å². The summed E-state index contributed by atoms with van der Waals surface area (Å²) >= 11 is 3.55. The summed E-state index contributed by atoms with van der Waals surface area (Å²) < 4.78 is 8.34. The molecule has 0 atom stereocenters. The lowest BCUT2D eigenvalue weighted by Gasteiger charge is -2.07. The van der Waals surface area contributed by atoms with Gasteiger partial charge in [0.15, 0.2) is 0 Å². The van der Waals surface area contributed by atoms with E-state index in [9.17, 15) is 0 Å². The van der Waals surface area contributed by atoms with Crippen molar-refractivity contribution in [2.75, 3.05) is 13.7 Å². The summed E-state index contributed by atoms with van der Waals surface area (Å²) in [6, 6.07) is 5.94. The predicted octanol–water partition coefficient (Wildman–Crippen LogP) is 2.20. The Balaban J connectivity index is 2.16. The number of nitrogens with zero attached hydrogens (tertiary/aromatic N) is 2. The second kappa shape index (κ2) is 6.02. The van der Waals surface area contributed by atoms with Gasteiger partial charge in [0.25, 0.3) is 0 Å². The molecule has 2 aromatic rings. The molecule has 5 heteroatoms.